The number of nitrogens with two attached hydrogens (primary N) is 1. The molecule has 0 unspecified atom stereocenters. The highest BCUT2D eigenvalue weighted by Gasteiger charge is 2.03. The third-order valence-electron chi connectivity index (χ3n) is 2.83. The third kappa shape index (κ3) is 1.68. The van der Waals surface area contributed by atoms with Gasteiger partial charge < -0.3 is 10.5 Å². The maximum absolute atomic E-state index is 5.68. The zero-order valence-corrected chi connectivity index (χ0v) is 9.08. The summed E-state index contributed by atoms with van der Waals surface area (Å²) in [4.78, 5) is 0. The number of fused-ring (bicyclic) bond motifs is 1. The van der Waals surface area contributed by atoms with Crippen LogP contribution in [0.5, 0.6) is 5.75 Å². The third-order valence-corrected chi connectivity index (χ3v) is 2.83. The molecular weight excluding hydrogens is 186 g/mol. The van der Waals surface area contributed by atoms with Crippen LogP contribution in [0.4, 0.5) is 0 Å². The van der Waals surface area contributed by atoms with Crippen molar-refractivity contribution in [1.82, 2.24) is 0 Å². The average Bonchev–Trinajstić information content (AvgIpc) is 2.29. The van der Waals surface area contributed by atoms with Gasteiger partial charge in [-0.05, 0) is 41.0 Å². The van der Waals surface area contributed by atoms with Crippen LogP contribution < -0.4 is 10.5 Å². The van der Waals surface area contributed by atoms with Crippen LogP contribution in [0.3, 0.4) is 0 Å². The van der Waals surface area contributed by atoms with Gasteiger partial charge in [-0.1, -0.05) is 18.2 Å². The van der Waals surface area contributed by atoms with E-state index in [1.54, 1.807) is 7.11 Å². The summed E-state index contributed by atoms with van der Waals surface area (Å²) in [5, 5.41) is 2.45. The smallest absolute Gasteiger partial charge is 0.119 e. The molecule has 0 amide bonds. The second kappa shape index (κ2) is 3.91. The highest BCUT2D eigenvalue weighted by atomic mass is 16.5. The first kappa shape index (κ1) is 9.99. The summed E-state index contributed by atoms with van der Waals surface area (Å²) in [6.07, 6.45) is 0. The Bertz CT molecular complexity index is 486. The number of benzene rings is 2. The van der Waals surface area contributed by atoms with Gasteiger partial charge in [0.1, 0.15) is 5.75 Å². The zero-order valence-electron chi connectivity index (χ0n) is 9.08. The minimum Gasteiger partial charge on any atom is -0.497 e. The standard InChI is InChI=1S/C13H15NO/c1-9-11(8-14)4-3-10-5-6-12(15-2)7-13(9)10/h3-7H,8,14H2,1-2H3. The molecule has 0 heterocycles. The molecule has 2 aromatic rings. The highest BCUT2D eigenvalue weighted by Crippen LogP contribution is 2.25. The second-order valence-corrected chi connectivity index (χ2v) is 3.64. The molecule has 0 saturated carbocycles. The Kier molecular flexibility index (Phi) is 2.60. The molecule has 0 aromatic heterocycles. The van der Waals surface area contributed by atoms with Crippen molar-refractivity contribution in [3.63, 3.8) is 0 Å². The van der Waals surface area contributed by atoms with Crippen molar-refractivity contribution >= 4 is 10.8 Å². The molecule has 2 aromatic carbocycles. The highest BCUT2D eigenvalue weighted by molar-refractivity contribution is 5.87. The van der Waals surface area contributed by atoms with E-state index in [-0.39, 0.29) is 0 Å². The Labute approximate surface area is 89.7 Å². The van der Waals surface area contributed by atoms with E-state index in [4.69, 9.17) is 10.5 Å². The van der Waals surface area contributed by atoms with Crippen LogP contribution in [0.1, 0.15) is 11.1 Å². The SMILES string of the molecule is COc1ccc2ccc(CN)c(C)c2c1. The average molecular weight is 201 g/mol. The molecule has 2 rings (SSSR count). The molecule has 15 heavy (non-hydrogen) atoms. The number of hydrogen-bond acceptors (Lipinski definition) is 2. The first-order valence-electron chi connectivity index (χ1n) is 5.02. The van der Waals surface area contributed by atoms with E-state index in [1.165, 1.54) is 21.9 Å². The van der Waals surface area contributed by atoms with Crippen molar-refractivity contribution in [2.24, 2.45) is 5.73 Å². The van der Waals surface area contributed by atoms with E-state index in [0.29, 0.717) is 6.54 Å². The predicted molar refractivity (Wildman–Crippen MR) is 63.1 cm³/mol. The lowest BCUT2D eigenvalue weighted by Gasteiger charge is -2.09. The molecule has 0 fully saturated rings. The molecule has 0 spiro atoms. The number of ether oxygens (including phenoxy) is 1. The Morgan fingerprint density at radius 1 is 1.20 bits per heavy atom. The van der Waals surface area contributed by atoms with Crippen LogP contribution in [0, 0.1) is 6.92 Å². The summed E-state index contributed by atoms with van der Waals surface area (Å²) in [6.45, 7) is 2.68. The molecule has 0 atom stereocenters. The molecule has 0 radical (unpaired) electrons. The quantitative estimate of drug-likeness (QED) is 0.810. The minimum absolute atomic E-state index is 0.582. The van der Waals surface area contributed by atoms with Gasteiger partial charge >= 0.3 is 0 Å². The summed E-state index contributed by atoms with van der Waals surface area (Å²) in [5.41, 5.74) is 8.12. The first-order valence-corrected chi connectivity index (χ1v) is 5.02. The van der Waals surface area contributed by atoms with Gasteiger partial charge in [-0.25, -0.2) is 0 Å². The van der Waals surface area contributed by atoms with Crippen LogP contribution in [0.15, 0.2) is 30.3 Å². The summed E-state index contributed by atoms with van der Waals surface area (Å²) < 4.78 is 5.22. The van der Waals surface area contributed by atoms with Crippen LogP contribution in [-0.2, 0) is 6.54 Å². The zero-order chi connectivity index (χ0) is 10.8. The van der Waals surface area contributed by atoms with E-state index in [9.17, 15) is 0 Å². The normalized spacial score (nSPS) is 10.6. The molecule has 78 valence electrons. The van der Waals surface area contributed by atoms with Gasteiger partial charge in [-0.2, -0.15) is 0 Å². The van der Waals surface area contributed by atoms with Crippen LogP contribution in [-0.4, -0.2) is 7.11 Å². The van der Waals surface area contributed by atoms with Gasteiger partial charge in [0.15, 0.2) is 0 Å². The maximum atomic E-state index is 5.68. The monoisotopic (exact) mass is 201 g/mol. The van der Waals surface area contributed by atoms with E-state index in [1.807, 2.05) is 6.07 Å². The first-order chi connectivity index (χ1) is 7.26. The predicted octanol–water partition coefficient (Wildman–Crippen LogP) is 2.62. The lowest BCUT2D eigenvalue weighted by molar-refractivity contribution is 0.415. The summed E-state index contributed by atoms with van der Waals surface area (Å²) >= 11 is 0. The summed E-state index contributed by atoms with van der Waals surface area (Å²) in [5.74, 6) is 0.889. The van der Waals surface area contributed by atoms with Gasteiger partial charge in [0.2, 0.25) is 0 Å². The maximum Gasteiger partial charge on any atom is 0.119 e. The Morgan fingerprint density at radius 3 is 2.60 bits per heavy atom. The molecule has 0 saturated heterocycles. The van der Waals surface area contributed by atoms with E-state index in [0.717, 1.165) is 5.75 Å². The van der Waals surface area contributed by atoms with Gasteiger partial charge in [-0.3, -0.25) is 0 Å². The second-order valence-electron chi connectivity index (χ2n) is 3.64. The Morgan fingerprint density at radius 2 is 1.93 bits per heavy atom. The summed E-state index contributed by atoms with van der Waals surface area (Å²) in [6, 6.07) is 10.3. The fourth-order valence-electron chi connectivity index (χ4n) is 1.84. The van der Waals surface area contributed by atoms with Crippen LogP contribution >= 0.6 is 0 Å². The molecule has 0 bridgehead atoms. The molecule has 2 N–H and O–H groups in total. The molecular formula is C13H15NO. The van der Waals surface area contributed by atoms with Crippen molar-refractivity contribution in [2.75, 3.05) is 7.11 Å². The van der Waals surface area contributed by atoms with Gasteiger partial charge in [0, 0.05) is 6.54 Å². The van der Waals surface area contributed by atoms with E-state index >= 15 is 0 Å². The summed E-state index contributed by atoms with van der Waals surface area (Å²) in [7, 11) is 1.68. The van der Waals surface area contributed by atoms with Crippen LogP contribution in [0.2, 0.25) is 0 Å². The largest absolute Gasteiger partial charge is 0.497 e. The van der Waals surface area contributed by atoms with Crippen molar-refractivity contribution in [1.29, 1.82) is 0 Å². The van der Waals surface area contributed by atoms with Gasteiger partial charge in [0.05, 0.1) is 7.11 Å². The lowest BCUT2D eigenvalue weighted by atomic mass is 10.00. The van der Waals surface area contributed by atoms with Crippen LogP contribution in [0.25, 0.3) is 10.8 Å². The van der Waals surface area contributed by atoms with Gasteiger partial charge in [0.25, 0.3) is 0 Å². The van der Waals surface area contributed by atoms with Gasteiger partial charge in [-0.15, -0.1) is 0 Å². The van der Waals surface area contributed by atoms with Crippen molar-refractivity contribution < 1.29 is 4.74 Å². The topological polar surface area (TPSA) is 35.2 Å². The van der Waals surface area contributed by atoms with Crippen molar-refractivity contribution in [3.8, 4) is 5.75 Å². The minimum atomic E-state index is 0.582. The molecule has 2 heteroatoms. The van der Waals surface area contributed by atoms with Crippen molar-refractivity contribution in [2.45, 2.75) is 13.5 Å². The molecule has 0 aliphatic carbocycles. The molecule has 2 nitrogen and oxygen atoms in total. The molecule has 0 aliphatic rings. The number of hydrogen-bond donors (Lipinski definition) is 1. The fraction of sp³-hybridized carbons (Fsp3) is 0.231. The lowest BCUT2D eigenvalue weighted by Crippen LogP contribution is -1.99. The number of rotatable bonds is 2. The number of methoxy groups -OCH3 is 1. The van der Waals surface area contributed by atoms with E-state index in [2.05, 4.69) is 31.2 Å². The Balaban J connectivity index is 2.72. The number of aryl methyl sites for hydroxylation is 1. The molecule has 0 aliphatic heterocycles. The van der Waals surface area contributed by atoms with Crippen molar-refractivity contribution in [3.05, 3.63) is 41.5 Å². The van der Waals surface area contributed by atoms with E-state index < -0.39 is 0 Å². The fourth-order valence-corrected chi connectivity index (χ4v) is 1.84. The Hall–Kier alpha value is -1.54.